The number of ether oxygens (including phenoxy) is 1. The maximum atomic E-state index is 13.5. The van der Waals surface area contributed by atoms with Crippen LogP contribution in [0.4, 0.5) is 4.39 Å². The Bertz CT molecular complexity index is 1310. The molecule has 4 heterocycles. The average molecular weight is 434 g/mol. The lowest BCUT2D eigenvalue weighted by Gasteiger charge is -2.18. The van der Waals surface area contributed by atoms with E-state index < -0.39 is 0 Å². The van der Waals surface area contributed by atoms with Crippen LogP contribution in [0.3, 0.4) is 0 Å². The van der Waals surface area contributed by atoms with Crippen molar-refractivity contribution >= 4 is 11.3 Å². The first-order valence-electron chi connectivity index (χ1n) is 10.1. The summed E-state index contributed by atoms with van der Waals surface area (Å²) in [4.78, 5) is 22.3. The van der Waals surface area contributed by atoms with Gasteiger partial charge in [-0.05, 0) is 55.2 Å². The fraction of sp³-hybridized carbons (Fsp3) is 0.208. The van der Waals surface area contributed by atoms with E-state index >= 15 is 0 Å². The average Bonchev–Trinajstić information content (AvgIpc) is 3.11. The maximum absolute atomic E-state index is 13.5. The Balaban J connectivity index is 1.67. The van der Waals surface area contributed by atoms with Crippen molar-refractivity contribution in [3.8, 4) is 27.6 Å². The molecule has 0 bridgehead atoms. The Morgan fingerprint density at radius 2 is 2.03 bits per heavy atom. The molecular weight excluding hydrogens is 413 g/mol. The standard InChI is InChI=1S/C24H20FN3O2S/c1-15-14-31-23(27-15)19-11-21(30-13-16-4-6-18(25)7-5-16)22-20-12-26-9-8-17(20)3-2-10-28(22)24(19)29/h4-9,11-12,14H,2-3,10,13H2,1H3. The van der Waals surface area contributed by atoms with Gasteiger partial charge in [0.15, 0.2) is 0 Å². The monoisotopic (exact) mass is 433 g/mol. The molecule has 3 aromatic heterocycles. The zero-order valence-corrected chi connectivity index (χ0v) is 17.8. The fourth-order valence-corrected chi connectivity index (χ4v) is 4.70. The van der Waals surface area contributed by atoms with Gasteiger partial charge >= 0.3 is 0 Å². The first kappa shape index (κ1) is 19.6. The summed E-state index contributed by atoms with van der Waals surface area (Å²) in [6, 6.07) is 10.0. The van der Waals surface area contributed by atoms with E-state index in [1.165, 1.54) is 23.5 Å². The van der Waals surface area contributed by atoms with Crippen LogP contribution < -0.4 is 10.3 Å². The van der Waals surface area contributed by atoms with Crippen LogP contribution >= 0.6 is 11.3 Å². The van der Waals surface area contributed by atoms with E-state index in [0.717, 1.165) is 40.9 Å². The van der Waals surface area contributed by atoms with Crippen molar-refractivity contribution in [3.05, 3.63) is 87.2 Å². The number of fused-ring (bicyclic) bond motifs is 3. The molecule has 0 saturated heterocycles. The molecule has 0 spiro atoms. The molecule has 1 aliphatic heterocycles. The maximum Gasteiger partial charge on any atom is 0.261 e. The largest absolute Gasteiger partial charge is 0.487 e. The van der Waals surface area contributed by atoms with Crippen LogP contribution in [0, 0.1) is 12.7 Å². The van der Waals surface area contributed by atoms with Crippen LogP contribution in [-0.4, -0.2) is 14.5 Å². The number of hydrogen-bond acceptors (Lipinski definition) is 5. The molecule has 31 heavy (non-hydrogen) atoms. The lowest BCUT2D eigenvalue weighted by Crippen LogP contribution is -2.24. The molecule has 7 heteroatoms. The summed E-state index contributed by atoms with van der Waals surface area (Å²) in [5, 5.41) is 2.61. The van der Waals surface area contributed by atoms with E-state index in [1.807, 2.05) is 18.4 Å². The summed E-state index contributed by atoms with van der Waals surface area (Å²) in [6.07, 6.45) is 5.28. The number of aromatic nitrogens is 3. The summed E-state index contributed by atoms with van der Waals surface area (Å²) in [5.41, 5.74) is 4.97. The molecule has 5 nitrogen and oxygen atoms in total. The summed E-state index contributed by atoms with van der Waals surface area (Å²) >= 11 is 1.45. The molecule has 1 aromatic carbocycles. The number of pyridine rings is 2. The minimum atomic E-state index is -0.287. The Morgan fingerprint density at radius 1 is 1.19 bits per heavy atom. The molecule has 1 aliphatic rings. The van der Waals surface area contributed by atoms with Crippen LogP contribution in [0.25, 0.3) is 21.8 Å². The second kappa shape index (κ2) is 8.07. The van der Waals surface area contributed by atoms with Crippen LogP contribution in [0.1, 0.15) is 23.2 Å². The first-order valence-corrected chi connectivity index (χ1v) is 11.0. The molecule has 5 rings (SSSR count). The quantitative estimate of drug-likeness (QED) is 0.454. The highest BCUT2D eigenvalue weighted by Gasteiger charge is 2.24. The van der Waals surface area contributed by atoms with Gasteiger partial charge in [0.25, 0.3) is 5.56 Å². The van der Waals surface area contributed by atoms with E-state index in [2.05, 4.69) is 9.97 Å². The Kier molecular flexibility index (Phi) is 5.11. The number of halogens is 1. The van der Waals surface area contributed by atoms with Gasteiger partial charge in [0.1, 0.15) is 23.2 Å². The van der Waals surface area contributed by atoms with Crippen molar-refractivity contribution in [2.24, 2.45) is 0 Å². The van der Waals surface area contributed by atoms with Gasteiger partial charge in [0, 0.05) is 35.6 Å². The van der Waals surface area contributed by atoms with Crippen molar-refractivity contribution in [1.29, 1.82) is 0 Å². The Labute approximate surface area is 182 Å². The zero-order valence-electron chi connectivity index (χ0n) is 17.0. The molecule has 0 unspecified atom stereocenters. The van der Waals surface area contributed by atoms with Gasteiger partial charge in [0.05, 0.1) is 11.3 Å². The zero-order chi connectivity index (χ0) is 21.4. The van der Waals surface area contributed by atoms with Gasteiger partial charge in [-0.15, -0.1) is 11.3 Å². The lowest BCUT2D eigenvalue weighted by molar-refractivity contribution is 0.304. The van der Waals surface area contributed by atoms with Crippen LogP contribution in [-0.2, 0) is 19.6 Å². The third kappa shape index (κ3) is 3.77. The topological polar surface area (TPSA) is 57.0 Å². The molecule has 0 atom stereocenters. The van der Waals surface area contributed by atoms with Crippen molar-refractivity contribution in [3.63, 3.8) is 0 Å². The summed E-state index contributed by atoms with van der Waals surface area (Å²) < 4.78 is 21.3. The highest BCUT2D eigenvalue weighted by atomic mass is 32.1. The van der Waals surface area contributed by atoms with Crippen molar-refractivity contribution in [2.45, 2.75) is 32.9 Å². The molecule has 0 amide bonds. The van der Waals surface area contributed by atoms with Crippen molar-refractivity contribution in [2.75, 3.05) is 0 Å². The molecule has 156 valence electrons. The third-order valence-electron chi connectivity index (χ3n) is 5.41. The van der Waals surface area contributed by atoms with Gasteiger partial charge in [0.2, 0.25) is 0 Å². The van der Waals surface area contributed by atoms with E-state index in [4.69, 9.17) is 4.74 Å². The number of hydrogen-bond donors (Lipinski definition) is 0. The third-order valence-corrected chi connectivity index (χ3v) is 6.40. The molecular formula is C24H20FN3O2S. The highest BCUT2D eigenvalue weighted by Crippen LogP contribution is 2.37. The SMILES string of the molecule is Cc1csc(-c2cc(OCc3ccc(F)cc3)c3n(c2=O)CCCc2ccncc2-3)n1. The minimum Gasteiger partial charge on any atom is -0.487 e. The molecule has 4 aromatic rings. The summed E-state index contributed by atoms with van der Waals surface area (Å²) in [7, 11) is 0. The van der Waals surface area contributed by atoms with Gasteiger partial charge in [-0.1, -0.05) is 12.1 Å². The fourth-order valence-electron chi connectivity index (χ4n) is 3.90. The second-order valence-electron chi connectivity index (χ2n) is 7.57. The number of thiazole rings is 1. The van der Waals surface area contributed by atoms with E-state index in [1.54, 1.807) is 35.2 Å². The van der Waals surface area contributed by atoms with E-state index in [0.29, 0.717) is 22.9 Å². The first-order chi connectivity index (χ1) is 15.1. The van der Waals surface area contributed by atoms with E-state index in [9.17, 15) is 9.18 Å². The van der Waals surface area contributed by atoms with E-state index in [-0.39, 0.29) is 18.0 Å². The Morgan fingerprint density at radius 3 is 2.81 bits per heavy atom. The lowest BCUT2D eigenvalue weighted by atomic mass is 10.0. The van der Waals surface area contributed by atoms with Crippen LogP contribution in [0.5, 0.6) is 5.75 Å². The number of rotatable bonds is 4. The van der Waals surface area contributed by atoms with Gasteiger partial charge in [-0.3, -0.25) is 9.78 Å². The normalized spacial score (nSPS) is 12.7. The molecule has 0 fully saturated rings. The van der Waals surface area contributed by atoms with Crippen molar-refractivity contribution in [1.82, 2.24) is 14.5 Å². The van der Waals surface area contributed by atoms with Gasteiger partial charge < -0.3 is 9.30 Å². The number of benzene rings is 1. The number of nitrogens with zero attached hydrogens (tertiary/aromatic N) is 3. The smallest absolute Gasteiger partial charge is 0.261 e. The predicted octanol–water partition coefficient (Wildman–Crippen LogP) is 5.01. The van der Waals surface area contributed by atoms with Crippen LogP contribution in [0.2, 0.25) is 0 Å². The molecule has 0 saturated carbocycles. The van der Waals surface area contributed by atoms with Gasteiger partial charge in [-0.2, -0.15) is 0 Å². The summed E-state index contributed by atoms with van der Waals surface area (Å²) in [5.74, 6) is 0.313. The summed E-state index contributed by atoms with van der Waals surface area (Å²) in [6.45, 7) is 2.76. The second-order valence-corrected chi connectivity index (χ2v) is 8.43. The molecule has 0 aliphatic carbocycles. The Hall–Kier alpha value is -3.32. The number of aryl methyl sites for hydroxylation is 2. The minimum absolute atomic E-state index is 0.0739. The van der Waals surface area contributed by atoms with Crippen molar-refractivity contribution < 1.29 is 9.13 Å². The highest BCUT2D eigenvalue weighted by molar-refractivity contribution is 7.13. The van der Waals surface area contributed by atoms with Gasteiger partial charge in [-0.25, -0.2) is 9.37 Å². The van der Waals surface area contributed by atoms with Crippen LogP contribution in [0.15, 0.2) is 59.0 Å². The predicted molar refractivity (Wildman–Crippen MR) is 119 cm³/mol. The molecule has 0 N–H and O–H groups in total. The molecule has 0 radical (unpaired) electrons.